The number of nitrogens with two attached hydrogens (primary N) is 1. The van der Waals surface area contributed by atoms with E-state index in [1.807, 2.05) is 12.1 Å². The van der Waals surface area contributed by atoms with Gasteiger partial charge in [-0.25, -0.2) is 4.99 Å². The standard InChI is InChI=1S/C19H22F3N3O3/c1-26-16-8-5-14(9-17(16)27-2)11-25-18(23)24-10-13-3-6-15(7-4-13)28-12-19(20,21)22/h3-9H,10-12H2,1-2H3,(H3,23,24,25). The zero-order valence-electron chi connectivity index (χ0n) is 15.5. The summed E-state index contributed by atoms with van der Waals surface area (Å²) in [6.45, 7) is -0.593. The molecule has 9 heteroatoms. The molecule has 0 saturated heterocycles. The monoisotopic (exact) mass is 397 g/mol. The normalized spacial score (nSPS) is 11.8. The minimum Gasteiger partial charge on any atom is -0.493 e. The summed E-state index contributed by atoms with van der Waals surface area (Å²) in [5, 5.41) is 2.95. The van der Waals surface area contributed by atoms with Crippen molar-refractivity contribution in [1.82, 2.24) is 5.32 Å². The number of guanidine groups is 1. The lowest BCUT2D eigenvalue weighted by Gasteiger charge is -2.10. The molecule has 0 atom stereocenters. The van der Waals surface area contributed by atoms with Crippen molar-refractivity contribution in [3.05, 3.63) is 53.6 Å². The minimum absolute atomic E-state index is 0.149. The van der Waals surface area contributed by atoms with Gasteiger partial charge >= 0.3 is 6.18 Å². The summed E-state index contributed by atoms with van der Waals surface area (Å²) in [6.07, 6.45) is -4.36. The van der Waals surface area contributed by atoms with Crippen molar-refractivity contribution in [2.24, 2.45) is 10.7 Å². The number of rotatable bonds is 8. The molecule has 6 nitrogen and oxygen atoms in total. The molecule has 0 spiro atoms. The van der Waals surface area contributed by atoms with Gasteiger partial charge < -0.3 is 25.3 Å². The Bertz CT molecular complexity index is 793. The maximum Gasteiger partial charge on any atom is 0.422 e. The molecule has 2 rings (SSSR count). The van der Waals surface area contributed by atoms with E-state index in [4.69, 9.17) is 15.2 Å². The fourth-order valence-corrected chi connectivity index (χ4v) is 2.27. The number of nitrogens with one attached hydrogen (secondary N) is 1. The maximum atomic E-state index is 12.1. The lowest BCUT2D eigenvalue weighted by molar-refractivity contribution is -0.153. The number of alkyl halides is 3. The number of methoxy groups -OCH3 is 2. The van der Waals surface area contributed by atoms with Crippen molar-refractivity contribution in [2.75, 3.05) is 20.8 Å². The third-order valence-corrected chi connectivity index (χ3v) is 3.68. The smallest absolute Gasteiger partial charge is 0.422 e. The Morgan fingerprint density at radius 1 is 1.00 bits per heavy atom. The average molecular weight is 397 g/mol. The van der Waals surface area contributed by atoms with E-state index in [0.717, 1.165) is 11.1 Å². The van der Waals surface area contributed by atoms with Gasteiger partial charge in [-0.15, -0.1) is 0 Å². The van der Waals surface area contributed by atoms with Crippen molar-refractivity contribution in [1.29, 1.82) is 0 Å². The second kappa shape index (κ2) is 9.72. The zero-order chi connectivity index (χ0) is 20.6. The predicted octanol–water partition coefficient (Wildman–Crippen LogP) is 3.25. The van der Waals surface area contributed by atoms with Crippen LogP contribution in [0.3, 0.4) is 0 Å². The Morgan fingerprint density at radius 2 is 1.64 bits per heavy atom. The molecule has 0 fully saturated rings. The Balaban J connectivity index is 1.85. The van der Waals surface area contributed by atoms with Crippen molar-refractivity contribution in [3.63, 3.8) is 0 Å². The van der Waals surface area contributed by atoms with Crippen molar-refractivity contribution in [2.45, 2.75) is 19.3 Å². The largest absolute Gasteiger partial charge is 0.493 e. The van der Waals surface area contributed by atoms with Crippen LogP contribution in [0.25, 0.3) is 0 Å². The van der Waals surface area contributed by atoms with Crippen LogP contribution < -0.4 is 25.3 Å². The molecule has 0 heterocycles. The van der Waals surface area contributed by atoms with Crippen LogP contribution in [-0.2, 0) is 13.1 Å². The fourth-order valence-electron chi connectivity index (χ4n) is 2.27. The van der Waals surface area contributed by atoms with E-state index in [1.165, 1.54) is 12.1 Å². The molecule has 0 radical (unpaired) electrons. The van der Waals surface area contributed by atoms with Crippen LogP contribution in [-0.4, -0.2) is 33.0 Å². The quantitative estimate of drug-likeness (QED) is 0.528. The van der Waals surface area contributed by atoms with E-state index >= 15 is 0 Å². The highest BCUT2D eigenvalue weighted by Crippen LogP contribution is 2.27. The lowest BCUT2D eigenvalue weighted by atomic mass is 10.2. The van der Waals surface area contributed by atoms with Gasteiger partial charge in [-0.05, 0) is 35.4 Å². The summed E-state index contributed by atoms with van der Waals surface area (Å²) >= 11 is 0. The van der Waals surface area contributed by atoms with E-state index < -0.39 is 12.8 Å². The number of hydrogen-bond donors (Lipinski definition) is 2. The zero-order valence-corrected chi connectivity index (χ0v) is 15.5. The van der Waals surface area contributed by atoms with Crippen molar-refractivity contribution < 1.29 is 27.4 Å². The Kier molecular flexibility index (Phi) is 7.36. The van der Waals surface area contributed by atoms with E-state index in [2.05, 4.69) is 15.0 Å². The van der Waals surface area contributed by atoms with Gasteiger partial charge in [-0.1, -0.05) is 18.2 Å². The van der Waals surface area contributed by atoms with Gasteiger partial charge in [0.2, 0.25) is 0 Å². The summed E-state index contributed by atoms with van der Waals surface area (Å²) in [6, 6.07) is 11.7. The summed E-state index contributed by atoms with van der Waals surface area (Å²) in [4.78, 5) is 4.25. The maximum absolute atomic E-state index is 12.1. The van der Waals surface area contributed by atoms with Gasteiger partial charge in [0, 0.05) is 6.54 Å². The first-order valence-corrected chi connectivity index (χ1v) is 8.34. The number of nitrogens with zero attached hydrogens (tertiary/aromatic N) is 1. The van der Waals surface area contributed by atoms with Gasteiger partial charge in [-0.2, -0.15) is 13.2 Å². The van der Waals surface area contributed by atoms with Gasteiger partial charge in [0.05, 0.1) is 20.8 Å². The van der Waals surface area contributed by atoms with E-state index in [-0.39, 0.29) is 11.7 Å². The fraction of sp³-hybridized carbons (Fsp3) is 0.316. The first kappa shape index (κ1) is 21.2. The molecule has 0 aromatic heterocycles. The molecule has 0 aliphatic carbocycles. The number of hydrogen-bond acceptors (Lipinski definition) is 4. The Morgan fingerprint density at radius 3 is 2.25 bits per heavy atom. The molecule has 28 heavy (non-hydrogen) atoms. The molecule has 152 valence electrons. The van der Waals surface area contributed by atoms with Crippen LogP contribution in [0.5, 0.6) is 17.2 Å². The Hall–Kier alpha value is -3.10. The van der Waals surface area contributed by atoms with E-state index in [1.54, 1.807) is 32.4 Å². The number of ether oxygens (including phenoxy) is 3. The SMILES string of the molecule is COc1ccc(CN=C(N)NCc2ccc(OCC(F)(F)F)cc2)cc1OC. The van der Waals surface area contributed by atoms with Crippen LogP contribution in [0.2, 0.25) is 0 Å². The first-order chi connectivity index (χ1) is 13.3. The summed E-state index contributed by atoms with van der Waals surface area (Å²) in [7, 11) is 3.12. The number of benzene rings is 2. The van der Waals surface area contributed by atoms with Gasteiger partial charge in [0.25, 0.3) is 0 Å². The molecule has 0 bridgehead atoms. The first-order valence-electron chi connectivity index (χ1n) is 8.34. The molecule has 0 aliphatic heterocycles. The van der Waals surface area contributed by atoms with Crippen LogP contribution in [0.4, 0.5) is 13.2 Å². The van der Waals surface area contributed by atoms with Gasteiger partial charge in [0.15, 0.2) is 24.1 Å². The third kappa shape index (κ3) is 6.90. The summed E-state index contributed by atoms with van der Waals surface area (Å²) in [5.41, 5.74) is 7.57. The Labute approximate surface area is 161 Å². The molecular weight excluding hydrogens is 375 g/mol. The van der Waals surface area contributed by atoms with Crippen molar-refractivity contribution >= 4 is 5.96 Å². The molecule has 2 aromatic rings. The van der Waals surface area contributed by atoms with E-state index in [0.29, 0.717) is 24.6 Å². The minimum atomic E-state index is -4.36. The van der Waals surface area contributed by atoms with Gasteiger partial charge in [0.1, 0.15) is 5.75 Å². The highest BCUT2D eigenvalue weighted by Gasteiger charge is 2.28. The van der Waals surface area contributed by atoms with E-state index in [9.17, 15) is 13.2 Å². The summed E-state index contributed by atoms with van der Waals surface area (Å²) in [5.74, 6) is 1.63. The number of aliphatic imine (C=N–C) groups is 1. The van der Waals surface area contributed by atoms with Crippen LogP contribution in [0, 0.1) is 0 Å². The highest BCUT2D eigenvalue weighted by atomic mass is 19.4. The molecule has 2 aromatic carbocycles. The molecule has 0 amide bonds. The lowest BCUT2D eigenvalue weighted by Crippen LogP contribution is -2.31. The average Bonchev–Trinajstić information content (AvgIpc) is 2.69. The van der Waals surface area contributed by atoms with Crippen LogP contribution >= 0.6 is 0 Å². The highest BCUT2D eigenvalue weighted by molar-refractivity contribution is 5.77. The van der Waals surface area contributed by atoms with Crippen molar-refractivity contribution in [3.8, 4) is 17.2 Å². The molecule has 0 saturated carbocycles. The van der Waals surface area contributed by atoms with Crippen LogP contribution in [0.1, 0.15) is 11.1 Å². The second-order valence-corrected chi connectivity index (χ2v) is 5.79. The predicted molar refractivity (Wildman–Crippen MR) is 99.7 cm³/mol. The molecular formula is C19H22F3N3O3. The summed E-state index contributed by atoms with van der Waals surface area (Å²) < 4.78 is 51.5. The molecule has 0 unspecified atom stereocenters. The van der Waals surface area contributed by atoms with Gasteiger partial charge in [-0.3, -0.25) is 0 Å². The second-order valence-electron chi connectivity index (χ2n) is 5.79. The topological polar surface area (TPSA) is 78.1 Å². The molecule has 3 N–H and O–H groups in total. The third-order valence-electron chi connectivity index (χ3n) is 3.68. The molecule has 0 aliphatic rings. The van der Waals surface area contributed by atoms with Crippen LogP contribution in [0.15, 0.2) is 47.5 Å². The number of halogens is 3.